The first kappa shape index (κ1) is 17.7. The Hall–Kier alpha value is -1.69. The Kier molecular flexibility index (Phi) is 5.93. The first-order chi connectivity index (χ1) is 10.9. The number of aryl methyl sites for hydroxylation is 1. The largest absolute Gasteiger partial charge is 0.389 e. The summed E-state index contributed by atoms with van der Waals surface area (Å²) in [7, 11) is 0. The fraction of sp³-hybridized carbons (Fsp3) is 0.412. The van der Waals surface area contributed by atoms with Gasteiger partial charge in [-0.3, -0.25) is 9.36 Å². The van der Waals surface area contributed by atoms with E-state index in [1.165, 1.54) is 10.9 Å². The molecule has 2 atom stereocenters. The highest BCUT2D eigenvalue weighted by Crippen LogP contribution is 2.19. The van der Waals surface area contributed by atoms with Gasteiger partial charge >= 0.3 is 0 Å². The number of rotatable bonds is 6. The molecule has 0 saturated heterocycles. The molecule has 2 rings (SSSR count). The van der Waals surface area contributed by atoms with E-state index in [-0.39, 0.29) is 24.8 Å². The molecule has 0 saturated carbocycles. The Morgan fingerprint density at radius 1 is 1.30 bits per heavy atom. The fourth-order valence-corrected chi connectivity index (χ4v) is 2.30. The van der Waals surface area contributed by atoms with E-state index in [4.69, 9.17) is 16.3 Å². The summed E-state index contributed by atoms with van der Waals surface area (Å²) >= 11 is 5.85. The van der Waals surface area contributed by atoms with E-state index in [0.29, 0.717) is 16.3 Å². The van der Waals surface area contributed by atoms with Crippen molar-refractivity contribution in [1.82, 2.24) is 9.55 Å². The Bertz CT molecular complexity index is 713. The van der Waals surface area contributed by atoms with Gasteiger partial charge in [0.25, 0.3) is 5.56 Å². The first-order valence-corrected chi connectivity index (χ1v) is 7.84. The van der Waals surface area contributed by atoms with E-state index < -0.39 is 6.10 Å². The number of aromatic nitrogens is 2. The number of halogens is 1. The summed E-state index contributed by atoms with van der Waals surface area (Å²) in [5, 5.41) is 10.8. The molecule has 124 valence electrons. The molecular weight excluding hydrogens is 316 g/mol. The number of nitrogens with zero attached hydrogens (tertiary/aromatic N) is 2. The lowest BCUT2D eigenvalue weighted by atomic mass is 10.1. The summed E-state index contributed by atoms with van der Waals surface area (Å²) in [6.07, 6.45) is 0.499. The quantitative estimate of drug-likeness (QED) is 0.880. The van der Waals surface area contributed by atoms with Gasteiger partial charge in [0, 0.05) is 16.3 Å². The second-order valence-electron chi connectivity index (χ2n) is 5.59. The third-order valence-corrected chi connectivity index (χ3v) is 4.05. The highest BCUT2D eigenvalue weighted by molar-refractivity contribution is 6.30. The summed E-state index contributed by atoms with van der Waals surface area (Å²) in [6, 6.07) is 7.37. The zero-order valence-corrected chi connectivity index (χ0v) is 14.2. The smallest absolute Gasteiger partial charge is 0.256 e. The molecule has 1 aromatic heterocycles. The molecule has 6 heteroatoms. The van der Waals surface area contributed by atoms with Crippen LogP contribution in [-0.4, -0.2) is 27.4 Å². The standard InChI is InChI=1S/C17H21ClN2O3/c1-11-12(2)19-10-20(17(11)22)8-16(21)9-23-13(3)14-4-6-15(18)7-5-14/h4-7,10,13,16,21H,8-9H2,1-3H3/t13-,16+/m0/s1. The zero-order valence-electron chi connectivity index (χ0n) is 13.5. The fourth-order valence-electron chi connectivity index (χ4n) is 2.17. The summed E-state index contributed by atoms with van der Waals surface area (Å²) in [4.78, 5) is 16.2. The summed E-state index contributed by atoms with van der Waals surface area (Å²) in [5.74, 6) is 0. The lowest BCUT2D eigenvalue weighted by Gasteiger charge is -2.18. The molecule has 0 spiro atoms. The van der Waals surface area contributed by atoms with Gasteiger partial charge in [0.1, 0.15) is 0 Å². The van der Waals surface area contributed by atoms with Crippen LogP contribution < -0.4 is 5.56 Å². The molecule has 0 aliphatic rings. The molecule has 0 aliphatic carbocycles. The Labute approximate surface area is 140 Å². The molecule has 1 aromatic carbocycles. The molecule has 1 N–H and O–H groups in total. The maximum Gasteiger partial charge on any atom is 0.256 e. The van der Waals surface area contributed by atoms with Crippen molar-refractivity contribution in [3.05, 3.63) is 62.8 Å². The number of hydrogen-bond acceptors (Lipinski definition) is 4. The normalized spacial score (nSPS) is 13.8. The van der Waals surface area contributed by atoms with Gasteiger partial charge in [0.15, 0.2) is 0 Å². The van der Waals surface area contributed by atoms with Gasteiger partial charge < -0.3 is 9.84 Å². The van der Waals surface area contributed by atoms with Crippen molar-refractivity contribution in [2.24, 2.45) is 0 Å². The van der Waals surface area contributed by atoms with Gasteiger partial charge in [-0.05, 0) is 38.5 Å². The number of aliphatic hydroxyl groups excluding tert-OH is 1. The van der Waals surface area contributed by atoms with Crippen molar-refractivity contribution in [2.75, 3.05) is 6.61 Å². The monoisotopic (exact) mass is 336 g/mol. The Morgan fingerprint density at radius 2 is 1.96 bits per heavy atom. The summed E-state index contributed by atoms with van der Waals surface area (Å²) in [5.41, 5.74) is 2.14. The van der Waals surface area contributed by atoms with Crippen LogP contribution in [0, 0.1) is 13.8 Å². The Balaban J connectivity index is 1.92. The van der Waals surface area contributed by atoms with Crippen molar-refractivity contribution in [3.63, 3.8) is 0 Å². The van der Waals surface area contributed by atoms with Gasteiger partial charge in [-0.15, -0.1) is 0 Å². The molecule has 2 aromatic rings. The molecule has 0 radical (unpaired) electrons. The van der Waals surface area contributed by atoms with Gasteiger partial charge in [-0.1, -0.05) is 23.7 Å². The highest BCUT2D eigenvalue weighted by atomic mass is 35.5. The molecule has 5 nitrogen and oxygen atoms in total. The van der Waals surface area contributed by atoms with Crippen LogP contribution >= 0.6 is 11.6 Å². The van der Waals surface area contributed by atoms with Crippen molar-refractivity contribution < 1.29 is 9.84 Å². The molecule has 0 unspecified atom stereocenters. The summed E-state index contributed by atoms with van der Waals surface area (Å²) < 4.78 is 7.07. The molecular formula is C17H21ClN2O3. The average molecular weight is 337 g/mol. The minimum atomic E-state index is -0.786. The number of aliphatic hydroxyl groups is 1. The van der Waals surface area contributed by atoms with Crippen LogP contribution in [0.3, 0.4) is 0 Å². The van der Waals surface area contributed by atoms with Crippen LogP contribution in [0.15, 0.2) is 35.4 Å². The van der Waals surface area contributed by atoms with E-state index in [9.17, 15) is 9.90 Å². The average Bonchev–Trinajstić information content (AvgIpc) is 2.54. The SMILES string of the molecule is Cc1ncn(C[C@@H](O)CO[C@@H](C)c2ccc(Cl)cc2)c(=O)c1C. The van der Waals surface area contributed by atoms with Gasteiger partial charge in [-0.25, -0.2) is 4.98 Å². The predicted octanol–water partition coefficient (Wildman–Crippen LogP) is 2.65. The maximum absolute atomic E-state index is 12.1. The van der Waals surface area contributed by atoms with Crippen LogP contribution in [0.4, 0.5) is 0 Å². The van der Waals surface area contributed by atoms with Crippen LogP contribution in [0.1, 0.15) is 29.8 Å². The van der Waals surface area contributed by atoms with Crippen LogP contribution in [-0.2, 0) is 11.3 Å². The number of hydrogen-bond donors (Lipinski definition) is 1. The van der Waals surface area contributed by atoms with Crippen molar-refractivity contribution >= 4 is 11.6 Å². The van der Waals surface area contributed by atoms with E-state index >= 15 is 0 Å². The van der Waals surface area contributed by atoms with Gasteiger partial charge in [0.05, 0.1) is 31.7 Å². The Morgan fingerprint density at radius 3 is 2.61 bits per heavy atom. The zero-order chi connectivity index (χ0) is 17.0. The lowest BCUT2D eigenvalue weighted by Crippen LogP contribution is -2.31. The highest BCUT2D eigenvalue weighted by Gasteiger charge is 2.12. The van der Waals surface area contributed by atoms with Crippen molar-refractivity contribution in [3.8, 4) is 0 Å². The topological polar surface area (TPSA) is 64.3 Å². The van der Waals surface area contributed by atoms with Crippen LogP contribution in [0.5, 0.6) is 0 Å². The molecule has 0 fully saturated rings. The minimum Gasteiger partial charge on any atom is -0.389 e. The second kappa shape index (κ2) is 7.73. The second-order valence-corrected chi connectivity index (χ2v) is 6.03. The lowest BCUT2D eigenvalue weighted by molar-refractivity contribution is -0.00918. The number of benzene rings is 1. The molecule has 0 bridgehead atoms. The van der Waals surface area contributed by atoms with E-state index in [0.717, 1.165) is 5.56 Å². The third kappa shape index (κ3) is 4.64. The van der Waals surface area contributed by atoms with E-state index in [2.05, 4.69) is 4.98 Å². The van der Waals surface area contributed by atoms with Crippen molar-refractivity contribution in [1.29, 1.82) is 0 Å². The van der Waals surface area contributed by atoms with Crippen LogP contribution in [0.2, 0.25) is 5.02 Å². The first-order valence-electron chi connectivity index (χ1n) is 7.46. The van der Waals surface area contributed by atoms with Crippen molar-refractivity contribution in [2.45, 2.75) is 39.5 Å². The van der Waals surface area contributed by atoms with Gasteiger partial charge in [0.2, 0.25) is 0 Å². The predicted molar refractivity (Wildman–Crippen MR) is 89.8 cm³/mol. The number of ether oxygens (including phenoxy) is 1. The maximum atomic E-state index is 12.1. The minimum absolute atomic E-state index is 0.128. The molecule has 0 amide bonds. The van der Waals surface area contributed by atoms with E-state index in [1.807, 2.05) is 19.1 Å². The van der Waals surface area contributed by atoms with Crippen LogP contribution in [0.25, 0.3) is 0 Å². The third-order valence-electron chi connectivity index (χ3n) is 3.80. The molecule has 1 heterocycles. The molecule has 0 aliphatic heterocycles. The molecule has 23 heavy (non-hydrogen) atoms. The van der Waals surface area contributed by atoms with E-state index in [1.54, 1.807) is 26.0 Å². The summed E-state index contributed by atoms with van der Waals surface area (Å²) in [6.45, 7) is 5.70. The van der Waals surface area contributed by atoms with Gasteiger partial charge in [-0.2, -0.15) is 0 Å².